The van der Waals surface area contributed by atoms with E-state index in [0.29, 0.717) is 30.2 Å². The second kappa shape index (κ2) is 6.76. The summed E-state index contributed by atoms with van der Waals surface area (Å²) in [6.07, 6.45) is 0. The first-order valence-corrected chi connectivity index (χ1v) is 7.70. The smallest absolute Gasteiger partial charge is 0.341 e. The third-order valence-electron chi connectivity index (χ3n) is 2.55. The van der Waals surface area contributed by atoms with E-state index in [1.807, 2.05) is 11.4 Å². The maximum Gasteiger partial charge on any atom is 0.341 e. The maximum absolute atomic E-state index is 11.9. The monoisotopic (exact) mass is 355 g/mol. The first-order valence-electron chi connectivity index (χ1n) is 6.03. The van der Waals surface area contributed by atoms with Crippen LogP contribution < -0.4 is 10.5 Å². The van der Waals surface area contributed by atoms with Gasteiger partial charge in [0, 0.05) is 16.2 Å². The van der Waals surface area contributed by atoms with Crippen LogP contribution in [-0.2, 0) is 11.3 Å². The van der Waals surface area contributed by atoms with Crippen LogP contribution in [0.1, 0.15) is 22.2 Å². The van der Waals surface area contributed by atoms with Crippen LogP contribution in [-0.4, -0.2) is 12.6 Å². The van der Waals surface area contributed by atoms with E-state index in [4.69, 9.17) is 15.2 Å². The fraction of sp³-hybridized carbons (Fsp3) is 0.214. The molecule has 0 aliphatic rings. The van der Waals surface area contributed by atoms with Crippen LogP contribution in [0.2, 0.25) is 0 Å². The SMILES string of the molecule is CCOC(=O)c1ccc(N)cc1OCc1sccc1Br. The standard InChI is InChI=1S/C14H14BrNO3S/c1-2-18-14(17)10-4-3-9(16)7-12(10)19-8-13-11(15)5-6-20-13/h3-7H,2,8,16H2,1H3. The highest BCUT2D eigenvalue weighted by Gasteiger charge is 2.14. The van der Waals surface area contributed by atoms with Crippen LogP contribution in [0, 0.1) is 0 Å². The molecular formula is C14H14BrNO3S. The molecule has 1 heterocycles. The molecule has 1 aromatic carbocycles. The fourth-order valence-corrected chi connectivity index (χ4v) is 2.99. The number of nitrogens with two attached hydrogens (primary N) is 1. The summed E-state index contributed by atoms with van der Waals surface area (Å²) in [5, 5.41) is 1.97. The average Bonchev–Trinajstić information content (AvgIpc) is 2.82. The molecule has 0 aliphatic heterocycles. The van der Waals surface area contributed by atoms with Gasteiger partial charge in [0.05, 0.1) is 11.5 Å². The summed E-state index contributed by atoms with van der Waals surface area (Å²) < 4.78 is 11.7. The molecule has 0 unspecified atom stereocenters. The minimum absolute atomic E-state index is 0.319. The number of anilines is 1. The van der Waals surface area contributed by atoms with Crippen LogP contribution in [0.5, 0.6) is 5.75 Å². The van der Waals surface area contributed by atoms with Crippen molar-refractivity contribution < 1.29 is 14.3 Å². The minimum Gasteiger partial charge on any atom is -0.487 e. The molecule has 0 saturated carbocycles. The van der Waals surface area contributed by atoms with E-state index in [1.165, 1.54) is 0 Å². The molecule has 0 atom stereocenters. The first-order chi connectivity index (χ1) is 9.61. The number of halogens is 1. The topological polar surface area (TPSA) is 61.5 Å². The minimum atomic E-state index is -0.409. The number of hydrogen-bond donors (Lipinski definition) is 1. The Balaban J connectivity index is 2.19. The van der Waals surface area contributed by atoms with Gasteiger partial charge in [0.15, 0.2) is 0 Å². The first kappa shape index (κ1) is 14.9. The molecule has 106 valence electrons. The summed E-state index contributed by atoms with van der Waals surface area (Å²) in [6.45, 7) is 2.45. The van der Waals surface area contributed by atoms with Crippen LogP contribution >= 0.6 is 27.3 Å². The third-order valence-corrected chi connectivity index (χ3v) is 4.45. The number of nitrogen functional groups attached to an aromatic ring is 1. The average molecular weight is 356 g/mol. The molecule has 1 aromatic heterocycles. The van der Waals surface area contributed by atoms with E-state index >= 15 is 0 Å². The van der Waals surface area contributed by atoms with Gasteiger partial charge >= 0.3 is 5.97 Å². The molecule has 0 bridgehead atoms. The van der Waals surface area contributed by atoms with Gasteiger partial charge in [-0.25, -0.2) is 4.79 Å². The highest BCUT2D eigenvalue weighted by atomic mass is 79.9. The molecule has 4 nitrogen and oxygen atoms in total. The zero-order valence-corrected chi connectivity index (χ0v) is 13.3. The Morgan fingerprint density at radius 2 is 2.20 bits per heavy atom. The molecule has 0 spiro atoms. The Bertz CT molecular complexity index is 612. The molecule has 2 aromatic rings. The van der Waals surface area contributed by atoms with Crippen molar-refractivity contribution in [3.8, 4) is 5.75 Å². The Morgan fingerprint density at radius 3 is 2.85 bits per heavy atom. The van der Waals surface area contributed by atoms with Gasteiger partial charge in [-0.1, -0.05) is 0 Å². The molecule has 0 radical (unpaired) electrons. The van der Waals surface area contributed by atoms with Crippen molar-refractivity contribution in [3.63, 3.8) is 0 Å². The summed E-state index contributed by atoms with van der Waals surface area (Å²) in [5.41, 5.74) is 6.66. The summed E-state index contributed by atoms with van der Waals surface area (Å²) >= 11 is 5.02. The van der Waals surface area contributed by atoms with Gasteiger partial charge in [0.1, 0.15) is 17.9 Å². The number of rotatable bonds is 5. The Kier molecular flexibility index (Phi) is 5.03. The molecule has 0 saturated heterocycles. The summed E-state index contributed by atoms with van der Waals surface area (Å²) in [6, 6.07) is 6.86. The lowest BCUT2D eigenvalue weighted by atomic mass is 10.2. The summed E-state index contributed by atoms with van der Waals surface area (Å²) in [5.74, 6) is 0.0245. The Labute approximate surface area is 129 Å². The van der Waals surface area contributed by atoms with E-state index in [2.05, 4.69) is 15.9 Å². The normalized spacial score (nSPS) is 10.3. The molecule has 6 heteroatoms. The highest BCUT2D eigenvalue weighted by Crippen LogP contribution is 2.27. The Morgan fingerprint density at radius 1 is 1.40 bits per heavy atom. The largest absolute Gasteiger partial charge is 0.487 e. The predicted octanol–water partition coefficient (Wildman–Crippen LogP) is 3.85. The lowest BCUT2D eigenvalue weighted by Crippen LogP contribution is -2.08. The number of carbonyl (C=O) groups excluding carboxylic acids is 1. The highest BCUT2D eigenvalue weighted by molar-refractivity contribution is 9.10. The van der Waals surface area contributed by atoms with Crippen molar-refractivity contribution in [1.82, 2.24) is 0 Å². The third kappa shape index (κ3) is 3.52. The van der Waals surface area contributed by atoms with Crippen molar-refractivity contribution in [2.75, 3.05) is 12.3 Å². The van der Waals surface area contributed by atoms with Crippen LogP contribution in [0.25, 0.3) is 0 Å². The van der Waals surface area contributed by atoms with E-state index in [1.54, 1.807) is 36.5 Å². The number of thiophene rings is 1. The summed E-state index contributed by atoms with van der Waals surface area (Å²) in [4.78, 5) is 12.9. The van der Waals surface area contributed by atoms with Crippen LogP contribution in [0.4, 0.5) is 5.69 Å². The van der Waals surface area contributed by atoms with Crippen molar-refractivity contribution in [3.05, 3.63) is 44.6 Å². The second-order valence-corrected chi connectivity index (χ2v) is 5.81. The lowest BCUT2D eigenvalue weighted by molar-refractivity contribution is 0.0521. The molecular weight excluding hydrogens is 342 g/mol. The van der Waals surface area contributed by atoms with Crippen LogP contribution in [0.15, 0.2) is 34.1 Å². The number of esters is 1. The van der Waals surface area contributed by atoms with Gasteiger partial charge in [-0.15, -0.1) is 11.3 Å². The quantitative estimate of drug-likeness (QED) is 0.653. The number of hydrogen-bond acceptors (Lipinski definition) is 5. The molecule has 0 amide bonds. The summed E-state index contributed by atoms with van der Waals surface area (Å²) in [7, 11) is 0. The zero-order valence-electron chi connectivity index (χ0n) is 10.9. The van der Waals surface area contributed by atoms with E-state index < -0.39 is 5.97 Å². The van der Waals surface area contributed by atoms with Gasteiger partial charge < -0.3 is 15.2 Å². The zero-order chi connectivity index (χ0) is 14.5. The fourth-order valence-electron chi connectivity index (χ4n) is 1.61. The molecule has 20 heavy (non-hydrogen) atoms. The van der Waals surface area contributed by atoms with Crippen molar-refractivity contribution in [1.29, 1.82) is 0 Å². The van der Waals surface area contributed by atoms with Crippen molar-refractivity contribution in [2.45, 2.75) is 13.5 Å². The van der Waals surface area contributed by atoms with Crippen molar-refractivity contribution >= 4 is 38.9 Å². The number of benzene rings is 1. The lowest BCUT2D eigenvalue weighted by Gasteiger charge is -2.11. The van der Waals surface area contributed by atoms with Gasteiger partial charge in [0.2, 0.25) is 0 Å². The van der Waals surface area contributed by atoms with Crippen LogP contribution in [0.3, 0.4) is 0 Å². The predicted molar refractivity (Wildman–Crippen MR) is 83.2 cm³/mol. The van der Waals surface area contributed by atoms with E-state index in [9.17, 15) is 4.79 Å². The number of carbonyl (C=O) groups is 1. The number of ether oxygens (including phenoxy) is 2. The van der Waals surface area contributed by atoms with Gasteiger partial charge in [-0.3, -0.25) is 0 Å². The molecule has 2 rings (SSSR count). The van der Waals surface area contributed by atoms with Gasteiger partial charge in [-0.2, -0.15) is 0 Å². The maximum atomic E-state index is 11.9. The molecule has 0 fully saturated rings. The van der Waals surface area contributed by atoms with E-state index in [-0.39, 0.29) is 0 Å². The van der Waals surface area contributed by atoms with Crippen molar-refractivity contribution in [2.24, 2.45) is 0 Å². The Hall–Kier alpha value is -1.53. The molecule has 0 aliphatic carbocycles. The van der Waals surface area contributed by atoms with Gasteiger partial charge in [-0.05, 0) is 46.4 Å². The second-order valence-electron chi connectivity index (χ2n) is 3.96. The van der Waals surface area contributed by atoms with Gasteiger partial charge in [0.25, 0.3) is 0 Å². The van der Waals surface area contributed by atoms with E-state index in [0.717, 1.165) is 9.35 Å². The molecule has 2 N–H and O–H groups in total.